The lowest BCUT2D eigenvalue weighted by Gasteiger charge is -2.06. The molecule has 108 valence electrons. The Morgan fingerprint density at radius 3 is 2.65 bits per heavy atom. The lowest BCUT2D eigenvalue weighted by molar-refractivity contribution is -0.385. The van der Waals surface area contributed by atoms with Crippen LogP contribution >= 0.6 is 0 Å². The smallest absolute Gasteiger partial charge is 0.258 e. The first-order valence-corrected chi connectivity index (χ1v) is 7.74. The molecule has 0 amide bonds. The Morgan fingerprint density at radius 1 is 1.30 bits per heavy atom. The number of benzene rings is 1. The van der Waals surface area contributed by atoms with Gasteiger partial charge in [-0.05, 0) is 12.8 Å². The van der Waals surface area contributed by atoms with Crippen molar-refractivity contribution in [1.82, 2.24) is 4.72 Å². The van der Waals surface area contributed by atoms with Gasteiger partial charge in [0.1, 0.15) is 0 Å². The predicted octanol–water partition coefficient (Wildman–Crippen LogP) is 1.82. The number of nitro groups is 1. The number of unbranched alkanes of at least 4 members (excludes halogenated alkanes) is 2. The number of sulfonamides is 1. The summed E-state index contributed by atoms with van der Waals surface area (Å²) >= 11 is 0. The fourth-order valence-corrected chi connectivity index (χ4v) is 2.86. The van der Waals surface area contributed by atoms with Crippen molar-refractivity contribution in [3.63, 3.8) is 0 Å². The van der Waals surface area contributed by atoms with Gasteiger partial charge >= 0.3 is 0 Å². The molecule has 1 N–H and O–H groups in total. The zero-order valence-electron chi connectivity index (χ0n) is 10.9. The van der Waals surface area contributed by atoms with Gasteiger partial charge < -0.3 is 0 Å². The van der Waals surface area contributed by atoms with Crippen LogP contribution in [0.3, 0.4) is 0 Å². The highest BCUT2D eigenvalue weighted by atomic mass is 32.2. The molecule has 0 spiro atoms. The molecule has 0 unspecified atom stereocenters. The third-order valence-electron chi connectivity index (χ3n) is 2.60. The highest BCUT2D eigenvalue weighted by Gasteiger charge is 2.19. The van der Waals surface area contributed by atoms with Crippen LogP contribution in [-0.2, 0) is 15.8 Å². The summed E-state index contributed by atoms with van der Waals surface area (Å²) < 4.78 is 26.1. The van der Waals surface area contributed by atoms with Gasteiger partial charge in [-0.1, -0.05) is 18.2 Å². The fourth-order valence-electron chi connectivity index (χ4n) is 1.65. The molecule has 7 heteroatoms. The summed E-state index contributed by atoms with van der Waals surface area (Å²) in [5, 5.41) is 10.8. The average Bonchev–Trinajstić information content (AvgIpc) is 2.38. The summed E-state index contributed by atoms with van der Waals surface area (Å²) in [5.41, 5.74) is -0.0150. The van der Waals surface area contributed by atoms with E-state index in [-0.39, 0.29) is 17.8 Å². The quantitative estimate of drug-likeness (QED) is 0.343. The van der Waals surface area contributed by atoms with Crippen molar-refractivity contribution < 1.29 is 13.3 Å². The fraction of sp³-hybridized carbons (Fsp3) is 0.385. The van der Waals surface area contributed by atoms with Crippen LogP contribution < -0.4 is 4.72 Å². The van der Waals surface area contributed by atoms with Crippen LogP contribution in [0, 0.1) is 22.5 Å². The second-order valence-corrected chi connectivity index (χ2v) is 6.01. The van der Waals surface area contributed by atoms with Gasteiger partial charge in [0.15, 0.2) is 0 Å². The molecule has 0 aliphatic carbocycles. The Labute approximate surface area is 118 Å². The van der Waals surface area contributed by atoms with E-state index in [4.69, 9.17) is 6.42 Å². The normalized spacial score (nSPS) is 10.9. The molecule has 0 fully saturated rings. The third kappa shape index (κ3) is 5.38. The number of hydrogen-bond donors (Lipinski definition) is 1. The first-order chi connectivity index (χ1) is 9.46. The van der Waals surface area contributed by atoms with E-state index in [0.717, 1.165) is 6.42 Å². The Bertz CT molecular complexity index is 605. The van der Waals surface area contributed by atoms with Crippen LogP contribution in [0.4, 0.5) is 5.69 Å². The number of hydrogen-bond acceptors (Lipinski definition) is 4. The third-order valence-corrected chi connectivity index (χ3v) is 3.94. The van der Waals surface area contributed by atoms with Crippen LogP contribution in [0.2, 0.25) is 0 Å². The molecule has 1 rings (SSSR count). The van der Waals surface area contributed by atoms with Gasteiger partial charge in [0.2, 0.25) is 10.0 Å². The number of nitro benzene ring substituents is 1. The largest absolute Gasteiger partial charge is 0.273 e. The van der Waals surface area contributed by atoms with Crippen molar-refractivity contribution in [2.24, 2.45) is 0 Å². The highest BCUT2D eigenvalue weighted by molar-refractivity contribution is 7.88. The Hall–Kier alpha value is -1.91. The van der Waals surface area contributed by atoms with E-state index >= 15 is 0 Å². The van der Waals surface area contributed by atoms with Crippen LogP contribution in [0.15, 0.2) is 24.3 Å². The summed E-state index contributed by atoms with van der Waals surface area (Å²) in [7, 11) is -3.58. The van der Waals surface area contributed by atoms with Crippen molar-refractivity contribution in [3.8, 4) is 12.3 Å². The molecule has 0 saturated carbocycles. The van der Waals surface area contributed by atoms with Gasteiger partial charge in [0, 0.05) is 24.6 Å². The zero-order valence-corrected chi connectivity index (χ0v) is 11.7. The van der Waals surface area contributed by atoms with E-state index < -0.39 is 20.7 Å². The molecule has 0 aromatic heterocycles. The molecular weight excluding hydrogens is 280 g/mol. The second-order valence-electron chi connectivity index (χ2n) is 4.20. The minimum absolute atomic E-state index is 0.175. The van der Waals surface area contributed by atoms with Gasteiger partial charge in [-0.25, -0.2) is 13.1 Å². The first kappa shape index (κ1) is 16.1. The van der Waals surface area contributed by atoms with Crippen molar-refractivity contribution in [3.05, 3.63) is 39.9 Å². The minimum atomic E-state index is -3.58. The number of nitrogens with one attached hydrogen (secondary N) is 1. The van der Waals surface area contributed by atoms with Gasteiger partial charge in [-0.15, -0.1) is 12.3 Å². The van der Waals surface area contributed by atoms with Crippen LogP contribution in [-0.4, -0.2) is 19.9 Å². The summed E-state index contributed by atoms with van der Waals surface area (Å²) in [6, 6.07) is 5.81. The molecule has 0 aliphatic heterocycles. The highest BCUT2D eigenvalue weighted by Crippen LogP contribution is 2.19. The van der Waals surface area contributed by atoms with Crippen molar-refractivity contribution in [2.45, 2.75) is 25.0 Å². The molecule has 0 radical (unpaired) electrons. The maximum Gasteiger partial charge on any atom is 0.273 e. The topological polar surface area (TPSA) is 89.3 Å². The predicted molar refractivity (Wildman–Crippen MR) is 76.4 cm³/mol. The van der Waals surface area contributed by atoms with Crippen LogP contribution in [0.1, 0.15) is 24.8 Å². The van der Waals surface area contributed by atoms with E-state index in [2.05, 4.69) is 10.6 Å². The number of nitrogens with zero attached hydrogens (tertiary/aromatic N) is 1. The molecule has 1 aromatic rings. The van der Waals surface area contributed by atoms with Crippen LogP contribution in [0.25, 0.3) is 0 Å². The summed E-state index contributed by atoms with van der Waals surface area (Å²) in [6.07, 6.45) is 7.07. The summed E-state index contributed by atoms with van der Waals surface area (Å²) in [4.78, 5) is 10.2. The molecule has 6 nitrogen and oxygen atoms in total. The standard InChI is InChI=1S/C13H16N2O4S/c1-2-3-4-7-10-14-20(18,19)11-12-8-5-6-9-13(12)15(16)17/h1,5-6,8-9,14H,3-4,7,10-11H2. The van der Waals surface area contributed by atoms with E-state index in [1.165, 1.54) is 18.2 Å². The van der Waals surface area contributed by atoms with E-state index in [1.807, 2.05) is 0 Å². The van der Waals surface area contributed by atoms with Gasteiger partial charge in [0.25, 0.3) is 5.69 Å². The molecule has 0 aliphatic rings. The Balaban J connectivity index is 2.63. The minimum Gasteiger partial charge on any atom is -0.258 e. The molecule has 20 heavy (non-hydrogen) atoms. The van der Waals surface area contributed by atoms with Crippen molar-refractivity contribution in [2.75, 3.05) is 6.54 Å². The molecular formula is C13H16N2O4S. The summed E-state index contributed by atoms with van der Waals surface area (Å²) in [6.45, 7) is 0.282. The maximum atomic E-state index is 11.8. The van der Waals surface area contributed by atoms with E-state index in [1.54, 1.807) is 6.07 Å². The second kappa shape index (κ2) is 7.62. The Morgan fingerprint density at radius 2 is 2.00 bits per heavy atom. The van der Waals surface area contributed by atoms with Gasteiger partial charge in [0.05, 0.1) is 10.7 Å². The van der Waals surface area contributed by atoms with Gasteiger partial charge in [-0.2, -0.15) is 0 Å². The monoisotopic (exact) mass is 296 g/mol. The first-order valence-electron chi connectivity index (χ1n) is 6.09. The lowest BCUT2D eigenvalue weighted by atomic mass is 10.2. The molecule has 0 saturated heterocycles. The lowest BCUT2D eigenvalue weighted by Crippen LogP contribution is -2.26. The van der Waals surface area contributed by atoms with Crippen LogP contribution in [0.5, 0.6) is 0 Å². The number of terminal acetylenes is 1. The molecule has 0 atom stereocenters. The molecule has 1 aromatic carbocycles. The zero-order chi connectivity index (χ0) is 15.0. The van der Waals surface area contributed by atoms with Gasteiger partial charge in [-0.3, -0.25) is 10.1 Å². The number of rotatable bonds is 8. The summed E-state index contributed by atoms with van der Waals surface area (Å²) in [5.74, 6) is 2.07. The molecule has 0 bridgehead atoms. The number of para-hydroxylation sites is 1. The SMILES string of the molecule is C#CCCCCNS(=O)(=O)Cc1ccccc1[N+](=O)[O-]. The van der Waals surface area contributed by atoms with Crippen molar-refractivity contribution >= 4 is 15.7 Å². The average molecular weight is 296 g/mol. The van der Waals surface area contributed by atoms with Crippen molar-refractivity contribution in [1.29, 1.82) is 0 Å². The molecule has 0 heterocycles. The maximum absolute atomic E-state index is 11.8. The Kier molecular flexibility index (Phi) is 6.15. The van der Waals surface area contributed by atoms with E-state index in [9.17, 15) is 18.5 Å². The van der Waals surface area contributed by atoms with E-state index in [0.29, 0.717) is 12.8 Å².